The molecule has 3 nitrogen and oxygen atoms in total. The van der Waals surface area contributed by atoms with E-state index < -0.39 is 0 Å². The standard InChI is InChI=1S/C16H27NO2/c1-3-16(4-2,9-18)8-17-15(19)14-12-10-5-6-11(7-10)13(12)14/h10-14,18H,3-9H2,1-2H3,(H,17,19). The van der Waals surface area contributed by atoms with Crippen LogP contribution in [0, 0.1) is 35.0 Å². The third kappa shape index (κ3) is 2.01. The van der Waals surface area contributed by atoms with Crippen LogP contribution in [0.25, 0.3) is 0 Å². The molecule has 3 fully saturated rings. The molecule has 2 N–H and O–H groups in total. The van der Waals surface area contributed by atoms with Gasteiger partial charge in [-0.05, 0) is 55.8 Å². The molecule has 0 aliphatic heterocycles. The van der Waals surface area contributed by atoms with Crippen LogP contribution in [0.2, 0.25) is 0 Å². The molecule has 0 heterocycles. The summed E-state index contributed by atoms with van der Waals surface area (Å²) >= 11 is 0. The number of hydrogen-bond acceptors (Lipinski definition) is 2. The average Bonchev–Trinajstić information content (AvgIpc) is 2.89. The van der Waals surface area contributed by atoms with Crippen molar-refractivity contribution in [1.29, 1.82) is 0 Å². The van der Waals surface area contributed by atoms with Gasteiger partial charge in [0, 0.05) is 17.9 Å². The van der Waals surface area contributed by atoms with Gasteiger partial charge in [-0.25, -0.2) is 0 Å². The molecule has 3 rings (SSSR count). The number of nitrogens with one attached hydrogen (secondary N) is 1. The van der Waals surface area contributed by atoms with E-state index in [0.717, 1.165) is 24.7 Å². The Kier molecular flexibility index (Phi) is 3.36. The summed E-state index contributed by atoms with van der Waals surface area (Å²) < 4.78 is 0. The first-order chi connectivity index (χ1) is 9.15. The molecule has 4 atom stereocenters. The second-order valence-electron chi connectivity index (χ2n) is 7.10. The monoisotopic (exact) mass is 265 g/mol. The summed E-state index contributed by atoms with van der Waals surface area (Å²) in [6.07, 6.45) is 5.95. The Balaban J connectivity index is 1.53. The van der Waals surface area contributed by atoms with Crippen LogP contribution in [0.3, 0.4) is 0 Å². The van der Waals surface area contributed by atoms with Gasteiger partial charge in [0.25, 0.3) is 0 Å². The van der Waals surface area contributed by atoms with Gasteiger partial charge in [-0.3, -0.25) is 4.79 Å². The zero-order chi connectivity index (χ0) is 13.6. The fourth-order valence-electron chi connectivity index (χ4n) is 4.85. The van der Waals surface area contributed by atoms with Crippen molar-refractivity contribution in [3.05, 3.63) is 0 Å². The van der Waals surface area contributed by atoms with Crippen LogP contribution < -0.4 is 5.32 Å². The van der Waals surface area contributed by atoms with E-state index in [9.17, 15) is 9.90 Å². The largest absolute Gasteiger partial charge is 0.396 e. The molecular weight excluding hydrogens is 238 g/mol. The highest BCUT2D eigenvalue weighted by atomic mass is 16.3. The molecular formula is C16H27NO2. The molecule has 2 bridgehead atoms. The Hall–Kier alpha value is -0.570. The molecule has 0 aromatic carbocycles. The molecule has 3 heteroatoms. The van der Waals surface area contributed by atoms with Gasteiger partial charge in [0.15, 0.2) is 0 Å². The van der Waals surface area contributed by atoms with E-state index in [1.54, 1.807) is 0 Å². The van der Waals surface area contributed by atoms with Gasteiger partial charge >= 0.3 is 0 Å². The lowest BCUT2D eigenvalue weighted by molar-refractivity contribution is -0.124. The van der Waals surface area contributed by atoms with E-state index >= 15 is 0 Å². The normalized spacial score (nSPS) is 39.2. The Morgan fingerprint density at radius 1 is 1.21 bits per heavy atom. The lowest BCUT2D eigenvalue weighted by Gasteiger charge is -2.29. The van der Waals surface area contributed by atoms with Crippen molar-refractivity contribution in [3.63, 3.8) is 0 Å². The second-order valence-corrected chi connectivity index (χ2v) is 7.10. The van der Waals surface area contributed by atoms with Crippen molar-refractivity contribution in [2.75, 3.05) is 13.2 Å². The number of carbonyl (C=O) groups is 1. The van der Waals surface area contributed by atoms with Crippen LogP contribution in [-0.2, 0) is 4.79 Å². The highest BCUT2D eigenvalue weighted by Crippen LogP contribution is 2.69. The predicted octanol–water partition coefficient (Wildman–Crippen LogP) is 2.19. The number of rotatable bonds is 6. The lowest BCUT2D eigenvalue weighted by atomic mass is 9.83. The van der Waals surface area contributed by atoms with Gasteiger partial charge in [-0.2, -0.15) is 0 Å². The van der Waals surface area contributed by atoms with Crippen LogP contribution >= 0.6 is 0 Å². The van der Waals surface area contributed by atoms with Gasteiger partial charge in [0.1, 0.15) is 0 Å². The van der Waals surface area contributed by atoms with Crippen molar-refractivity contribution >= 4 is 5.91 Å². The minimum absolute atomic E-state index is 0.112. The molecule has 0 aromatic heterocycles. The molecule has 3 aliphatic carbocycles. The van der Waals surface area contributed by atoms with Crippen LogP contribution in [0.5, 0.6) is 0 Å². The topological polar surface area (TPSA) is 49.3 Å². The SMILES string of the molecule is CCC(CC)(CO)CNC(=O)C1C2C3CCC(C3)C12. The first-order valence-electron chi connectivity index (χ1n) is 8.04. The average molecular weight is 265 g/mol. The number of aliphatic hydroxyl groups excluding tert-OH is 1. The number of aliphatic hydroxyl groups is 1. The van der Waals surface area contributed by atoms with Gasteiger partial charge in [-0.15, -0.1) is 0 Å². The summed E-state index contributed by atoms with van der Waals surface area (Å²) in [5.41, 5.74) is -0.112. The molecule has 19 heavy (non-hydrogen) atoms. The maximum atomic E-state index is 12.3. The van der Waals surface area contributed by atoms with Gasteiger partial charge < -0.3 is 10.4 Å². The maximum absolute atomic E-state index is 12.3. The van der Waals surface area contributed by atoms with E-state index in [4.69, 9.17) is 0 Å². The lowest BCUT2D eigenvalue weighted by Crippen LogP contribution is -2.40. The van der Waals surface area contributed by atoms with E-state index in [-0.39, 0.29) is 17.9 Å². The molecule has 0 spiro atoms. The molecule has 0 saturated heterocycles. The molecule has 3 saturated carbocycles. The third-order valence-electron chi connectivity index (χ3n) is 6.51. The minimum Gasteiger partial charge on any atom is -0.396 e. The Labute approximate surface area is 116 Å². The first-order valence-corrected chi connectivity index (χ1v) is 8.04. The summed E-state index contributed by atoms with van der Waals surface area (Å²) in [4.78, 5) is 12.3. The van der Waals surface area contributed by atoms with E-state index in [1.807, 2.05) is 0 Å². The third-order valence-corrected chi connectivity index (χ3v) is 6.51. The van der Waals surface area contributed by atoms with Gasteiger partial charge in [0.05, 0.1) is 6.61 Å². The summed E-state index contributed by atoms with van der Waals surface area (Å²) in [5.74, 6) is 3.72. The van der Waals surface area contributed by atoms with E-state index in [0.29, 0.717) is 24.3 Å². The number of hydrogen-bond donors (Lipinski definition) is 2. The van der Waals surface area contributed by atoms with Crippen molar-refractivity contribution in [1.82, 2.24) is 5.32 Å². The Morgan fingerprint density at radius 3 is 2.26 bits per heavy atom. The minimum atomic E-state index is -0.112. The molecule has 0 radical (unpaired) electrons. The summed E-state index contributed by atoms with van der Waals surface area (Å²) in [6, 6.07) is 0. The molecule has 4 unspecified atom stereocenters. The van der Waals surface area contributed by atoms with E-state index in [1.165, 1.54) is 19.3 Å². The molecule has 108 valence electrons. The Bertz CT molecular complexity index is 339. The first kappa shape index (κ1) is 13.4. The fraction of sp³-hybridized carbons (Fsp3) is 0.938. The summed E-state index contributed by atoms with van der Waals surface area (Å²) in [6.45, 7) is 5.00. The van der Waals surface area contributed by atoms with Crippen LogP contribution in [-0.4, -0.2) is 24.2 Å². The number of fused-ring (bicyclic) bond motifs is 5. The van der Waals surface area contributed by atoms with Crippen molar-refractivity contribution in [3.8, 4) is 0 Å². The zero-order valence-electron chi connectivity index (χ0n) is 12.2. The van der Waals surface area contributed by atoms with Crippen molar-refractivity contribution < 1.29 is 9.90 Å². The number of amides is 1. The number of carbonyl (C=O) groups excluding carboxylic acids is 1. The van der Waals surface area contributed by atoms with E-state index in [2.05, 4.69) is 19.2 Å². The van der Waals surface area contributed by atoms with Crippen LogP contribution in [0.1, 0.15) is 46.0 Å². The predicted molar refractivity (Wildman–Crippen MR) is 74.4 cm³/mol. The molecule has 1 amide bonds. The molecule has 3 aliphatic rings. The van der Waals surface area contributed by atoms with Gasteiger partial charge in [-0.1, -0.05) is 13.8 Å². The maximum Gasteiger partial charge on any atom is 0.223 e. The van der Waals surface area contributed by atoms with Crippen LogP contribution in [0.15, 0.2) is 0 Å². The van der Waals surface area contributed by atoms with Crippen molar-refractivity contribution in [2.24, 2.45) is 35.0 Å². The highest BCUT2D eigenvalue weighted by molar-refractivity contribution is 5.82. The quantitative estimate of drug-likeness (QED) is 0.773. The fourth-order valence-corrected chi connectivity index (χ4v) is 4.85. The molecule has 0 aromatic rings. The van der Waals surface area contributed by atoms with Crippen molar-refractivity contribution in [2.45, 2.75) is 46.0 Å². The smallest absolute Gasteiger partial charge is 0.223 e. The Morgan fingerprint density at radius 2 is 1.79 bits per heavy atom. The zero-order valence-corrected chi connectivity index (χ0v) is 12.2. The second kappa shape index (κ2) is 4.76. The highest BCUT2D eigenvalue weighted by Gasteiger charge is 2.67. The van der Waals surface area contributed by atoms with Crippen LogP contribution in [0.4, 0.5) is 0 Å². The summed E-state index contributed by atoms with van der Waals surface area (Å²) in [7, 11) is 0. The van der Waals surface area contributed by atoms with Gasteiger partial charge in [0.2, 0.25) is 5.91 Å². The summed E-state index contributed by atoms with van der Waals surface area (Å²) in [5, 5.41) is 12.7.